The third kappa shape index (κ3) is 4.15. The minimum atomic E-state index is 0.903. The van der Waals surface area contributed by atoms with Crippen LogP contribution in [-0.4, -0.2) is 14.1 Å². The molecule has 0 amide bonds. The number of benzene rings is 5. The van der Waals surface area contributed by atoms with Crippen molar-refractivity contribution in [3.8, 4) is 22.8 Å². The van der Waals surface area contributed by atoms with Gasteiger partial charge in [-0.1, -0.05) is 91.0 Å². The van der Waals surface area contributed by atoms with Gasteiger partial charge in [-0.15, -0.1) is 11.3 Å². The molecule has 0 atom stereocenters. The van der Waals surface area contributed by atoms with Gasteiger partial charge in [0.15, 0.2) is 0 Å². The van der Waals surface area contributed by atoms with Crippen molar-refractivity contribution in [3.63, 3.8) is 0 Å². The molecule has 0 aliphatic carbocycles. The third-order valence-electron chi connectivity index (χ3n) is 8.98. The molecule has 4 aromatic heterocycles. The van der Waals surface area contributed by atoms with E-state index in [1.807, 2.05) is 0 Å². The fraction of sp³-hybridized carbons (Fsp3) is 0.0238. The smallest absolute Gasteiger partial charge is 0.138 e. The first-order chi connectivity index (χ1) is 22.8. The number of pyridine rings is 1. The van der Waals surface area contributed by atoms with E-state index in [9.17, 15) is 0 Å². The van der Waals surface area contributed by atoms with Gasteiger partial charge in [0.1, 0.15) is 5.82 Å². The number of rotatable bonds is 3. The first-order valence-electron chi connectivity index (χ1n) is 15.6. The average molecular weight is 608 g/mol. The summed E-state index contributed by atoms with van der Waals surface area (Å²) in [6.45, 7) is 2.19. The Labute approximate surface area is 270 Å². The quantitative estimate of drug-likeness (QED) is 0.196. The number of aromatic nitrogens is 3. The van der Waals surface area contributed by atoms with E-state index in [1.54, 1.807) is 11.3 Å². The molecule has 0 saturated heterocycles. The van der Waals surface area contributed by atoms with E-state index < -0.39 is 0 Å². The lowest BCUT2D eigenvalue weighted by Gasteiger charge is -2.10. The highest BCUT2D eigenvalue weighted by molar-refractivity contribution is 7.16. The van der Waals surface area contributed by atoms with Crippen LogP contribution in [0.4, 0.5) is 0 Å². The van der Waals surface area contributed by atoms with Crippen molar-refractivity contribution in [2.24, 2.45) is 0 Å². The second kappa shape index (κ2) is 10.7. The Morgan fingerprint density at radius 1 is 0.500 bits per heavy atom. The highest BCUT2D eigenvalue weighted by Crippen LogP contribution is 2.42. The molecule has 9 rings (SSSR count). The zero-order valence-electron chi connectivity index (χ0n) is 25.3. The van der Waals surface area contributed by atoms with Crippen molar-refractivity contribution in [2.75, 3.05) is 0 Å². The number of para-hydroxylation sites is 3. The lowest BCUT2D eigenvalue weighted by Crippen LogP contribution is -1.98. The Morgan fingerprint density at radius 3 is 1.89 bits per heavy atom. The Hall–Kier alpha value is -5.71. The van der Waals surface area contributed by atoms with Crippen LogP contribution in [-0.2, 0) is 0 Å². The molecule has 0 unspecified atom stereocenters. The van der Waals surface area contributed by atoms with E-state index in [0.29, 0.717) is 0 Å². The molecule has 4 heterocycles. The minimum absolute atomic E-state index is 0.903. The lowest BCUT2D eigenvalue weighted by molar-refractivity contribution is 1.08. The zero-order valence-corrected chi connectivity index (χ0v) is 26.1. The van der Waals surface area contributed by atoms with Crippen LogP contribution in [0.1, 0.15) is 5.56 Å². The van der Waals surface area contributed by atoms with Crippen LogP contribution >= 0.6 is 11.3 Å². The molecule has 4 heteroatoms. The van der Waals surface area contributed by atoms with Crippen LogP contribution in [0.25, 0.3) is 76.5 Å². The SMILES string of the molecule is Cc1cc(-c2cccc(-n3c4ccccc4c4c5c6ccccc6n(-c6ccccc6)c5ccc43)n2)cccsc2ccccc12. The minimum Gasteiger partial charge on any atom is -0.309 e. The van der Waals surface area contributed by atoms with Gasteiger partial charge in [0, 0.05) is 37.5 Å². The molecule has 0 radical (unpaired) electrons. The number of aryl methyl sites for hydroxylation is 1. The molecule has 0 saturated carbocycles. The number of hydrogen-bond acceptors (Lipinski definition) is 2. The Morgan fingerprint density at radius 2 is 1.13 bits per heavy atom. The Kier molecular flexibility index (Phi) is 6.22. The maximum absolute atomic E-state index is 5.33. The first-order valence-corrected chi connectivity index (χ1v) is 16.4. The van der Waals surface area contributed by atoms with Crippen molar-refractivity contribution in [1.29, 1.82) is 0 Å². The standard InChI is InChI=1S/C42H29N3S/c1-28-27-29(13-12-26-46-39-22-10-7-16-31(28)39)34-19-11-23-40(43-34)45-36-21-9-6-18-33(36)42-38(45)25-24-37-41(42)32-17-5-8-20-35(32)44(37)30-14-3-2-4-15-30/h2-27H,1H3. The molecule has 0 aliphatic rings. The lowest BCUT2D eigenvalue weighted by atomic mass is 10.1. The molecule has 3 nitrogen and oxygen atoms in total. The van der Waals surface area contributed by atoms with Gasteiger partial charge < -0.3 is 4.57 Å². The fourth-order valence-corrected chi connectivity index (χ4v) is 7.81. The van der Waals surface area contributed by atoms with Gasteiger partial charge in [-0.3, -0.25) is 4.57 Å². The van der Waals surface area contributed by atoms with Crippen molar-refractivity contribution in [2.45, 2.75) is 6.92 Å². The predicted octanol–water partition coefficient (Wildman–Crippen LogP) is 11.6. The maximum Gasteiger partial charge on any atom is 0.138 e. The summed E-state index contributed by atoms with van der Waals surface area (Å²) in [5, 5.41) is 8.39. The summed E-state index contributed by atoms with van der Waals surface area (Å²) in [5.41, 5.74) is 9.11. The van der Waals surface area contributed by atoms with Gasteiger partial charge in [-0.05, 0) is 83.9 Å². The molecule has 0 N–H and O–H groups in total. The molecule has 5 aromatic carbocycles. The van der Waals surface area contributed by atoms with E-state index in [1.165, 1.54) is 48.2 Å². The Bertz CT molecular complexity index is 2660. The van der Waals surface area contributed by atoms with Gasteiger partial charge in [-0.2, -0.15) is 0 Å². The highest BCUT2D eigenvalue weighted by atomic mass is 32.1. The van der Waals surface area contributed by atoms with Gasteiger partial charge in [0.25, 0.3) is 0 Å². The second-order valence-corrected chi connectivity index (χ2v) is 12.6. The highest BCUT2D eigenvalue weighted by Gasteiger charge is 2.20. The zero-order chi connectivity index (χ0) is 30.6. The van der Waals surface area contributed by atoms with Crippen molar-refractivity contribution < 1.29 is 0 Å². The molecular weight excluding hydrogens is 579 g/mol. The van der Waals surface area contributed by atoms with Gasteiger partial charge in [0.2, 0.25) is 0 Å². The van der Waals surface area contributed by atoms with E-state index in [0.717, 1.165) is 33.8 Å². The molecule has 0 fully saturated rings. The Balaban J connectivity index is 1.33. The second-order valence-electron chi connectivity index (χ2n) is 11.7. The topological polar surface area (TPSA) is 22.8 Å². The van der Waals surface area contributed by atoms with Crippen LogP contribution < -0.4 is 0 Å². The van der Waals surface area contributed by atoms with Crippen molar-refractivity contribution in [3.05, 3.63) is 163 Å². The maximum atomic E-state index is 5.33. The predicted molar refractivity (Wildman–Crippen MR) is 196 cm³/mol. The van der Waals surface area contributed by atoms with Crippen molar-refractivity contribution >= 4 is 65.0 Å². The van der Waals surface area contributed by atoms with Gasteiger partial charge in [0.05, 0.1) is 27.8 Å². The summed E-state index contributed by atoms with van der Waals surface area (Å²) < 4.78 is 5.97. The molecular formula is C42H29N3S. The van der Waals surface area contributed by atoms with E-state index in [4.69, 9.17) is 4.98 Å². The van der Waals surface area contributed by atoms with E-state index >= 15 is 0 Å². The van der Waals surface area contributed by atoms with Crippen LogP contribution in [0.2, 0.25) is 0 Å². The van der Waals surface area contributed by atoms with Crippen LogP contribution in [0.3, 0.4) is 0 Å². The molecule has 218 valence electrons. The number of nitrogens with zero attached hydrogens (tertiary/aromatic N) is 3. The summed E-state index contributed by atoms with van der Waals surface area (Å²) in [4.78, 5) is 5.33. The number of hydrogen-bond donors (Lipinski definition) is 0. The molecule has 0 aliphatic heterocycles. The van der Waals surface area contributed by atoms with Crippen molar-refractivity contribution in [1.82, 2.24) is 14.1 Å². The largest absolute Gasteiger partial charge is 0.309 e. The first kappa shape index (κ1) is 26.7. The number of fused-ring (bicyclic) bond motifs is 8. The molecule has 46 heavy (non-hydrogen) atoms. The summed E-state index contributed by atoms with van der Waals surface area (Å²) in [6, 6.07) is 54.2. The summed E-state index contributed by atoms with van der Waals surface area (Å²) in [6.07, 6.45) is 0. The molecule has 9 aromatic rings. The fourth-order valence-electron chi connectivity index (χ4n) is 7.00. The van der Waals surface area contributed by atoms with Crippen LogP contribution in [0, 0.1) is 6.92 Å². The monoisotopic (exact) mass is 607 g/mol. The van der Waals surface area contributed by atoms with Gasteiger partial charge >= 0.3 is 0 Å². The van der Waals surface area contributed by atoms with E-state index in [2.05, 4.69) is 173 Å². The summed E-state index contributed by atoms with van der Waals surface area (Å²) in [5.74, 6) is 0.903. The average Bonchev–Trinajstić information content (AvgIpc) is 3.65. The molecule has 0 bridgehead atoms. The van der Waals surface area contributed by atoms with Crippen LogP contribution in [0.5, 0.6) is 0 Å². The summed E-state index contributed by atoms with van der Waals surface area (Å²) >= 11 is 1.75. The summed E-state index contributed by atoms with van der Waals surface area (Å²) in [7, 11) is 0. The van der Waals surface area contributed by atoms with Crippen LogP contribution in [0.15, 0.2) is 157 Å². The third-order valence-corrected chi connectivity index (χ3v) is 9.88. The normalized spacial score (nSPS) is 11.6. The molecule has 0 spiro atoms. The van der Waals surface area contributed by atoms with Gasteiger partial charge in [-0.25, -0.2) is 4.98 Å². The van der Waals surface area contributed by atoms with E-state index in [-0.39, 0.29) is 0 Å².